The Kier molecular flexibility index (Phi) is 7.03. The maximum Gasteiger partial charge on any atom is 0.315 e. The van der Waals surface area contributed by atoms with Crippen LogP contribution < -0.4 is 10.6 Å². The van der Waals surface area contributed by atoms with Crippen LogP contribution in [-0.4, -0.2) is 29.2 Å². The van der Waals surface area contributed by atoms with Crippen molar-refractivity contribution in [1.29, 1.82) is 0 Å². The van der Waals surface area contributed by atoms with Crippen LogP contribution in [0.1, 0.15) is 60.8 Å². The molecule has 0 bridgehead atoms. The van der Waals surface area contributed by atoms with Gasteiger partial charge in [-0.15, -0.1) is 0 Å². The highest BCUT2D eigenvalue weighted by atomic mass is 16.4. The zero-order chi connectivity index (χ0) is 16.0. The van der Waals surface area contributed by atoms with E-state index in [0.717, 1.165) is 12.8 Å². The van der Waals surface area contributed by atoms with Gasteiger partial charge in [-0.2, -0.15) is 0 Å². The second-order valence-corrected chi connectivity index (χ2v) is 6.90. The number of carbonyl (C=O) groups excluding carboxylic acids is 1. The van der Waals surface area contributed by atoms with Gasteiger partial charge in [0.15, 0.2) is 0 Å². The van der Waals surface area contributed by atoms with Gasteiger partial charge < -0.3 is 15.7 Å². The minimum Gasteiger partial charge on any atom is -0.481 e. The molecule has 0 saturated heterocycles. The Bertz CT molecular complexity index is 331. The average molecular weight is 286 g/mol. The minimum absolute atomic E-state index is 0.0808. The summed E-state index contributed by atoms with van der Waals surface area (Å²) in [5.41, 5.74) is -0.324. The first kappa shape index (κ1) is 18.7. The van der Waals surface area contributed by atoms with Crippen molar-refractivity contribution in [3.63, 3.8) is 0 Å². The Morgan fingerprint density at radius 1 is 1.10 bits per heavy atom. The van der Waals surface area contributed by atoms with Crippen molar-refractivity contribution in [3.05, 3.63) is 0 Å². The van der Waals surface area contributed by atoms with Gasteiger partial charge in [-0.3, -0.25) is 4.79 Å². The standard InChI is InChI=1S/C15H30N2O3/c1-7-15(6,8-2)17-13(20)16-10-11(12(18)19)9-14(3,4)5/h11H,7-10H2,1-6H3,(H,18,19)(H2,16,17,20). The Balaban J connectivity index is 4.42. The number of urea groups is 1. The molecule has 1 atom stereocenters. The molecule has 0 spiro atoms. The van der Waals surface area contributed by atoms with Crippen LogP contribution in [0.15, 0.2) is 0 Å². The molecule has 2 amide bonds. The van der Waals surface area contributed by atoms with Gasteiger partial charge in [0.2, 0.25) is 0 Å². The smallest absolute Gasteiger partial charge is 0.315 e. The molecular weight excluding hydrogens is 256 g/mol. The van der Waals surface area contributed by atoms with Crippen LogP contribution in [0.2, 0.25) is 0 Å². The van der Waals surface area contributed by atoms with Crippen LogP contribution in [-0.2, 0) is 4.79 Å². The molecule has 0 saturated carbocycles. The van der Waals surface area contributed by atoms with Crippen molar-refractivity contribution in [3.8, 4) is 0 Å². The Morgan fingerprint density at radius 3 is 1.95 bits per heavy atom. The molecule has 5 heteroatoms. The summed E-state index contributed by atoms with van der Waals surface area (Å²) in [5, 5.41) is 14.8. The topological polar surface area (TPSA) is 78.4 Å². The van der Waals surface area contributed by atoms with Gasteiger partial charge in [0.25, 0.3) is 0 Å². The molecule has 0 aromatic carbocycles. The lowest BCUT2D eigenvalue weighted by molar-refractivity contribution is -0.142. The molecule has 3 N–H and O–H groups in total. The number of carboxylic acid groups (broad SMARTS) is 1. The van der Waals surface area contributed by atoms with Crippen LogP contribution in [0.4, 0.5) is 4.79 Å². The number of aliphatic carboxylic acids is 1. The zero-order valence-corrected chi connectivity index (χ0v) is 13.7. The lowest BCUT2D eigenvalue weighted by Gasteiger charge is -2.29. The minimum atomic E-state index is -0.867. The molecule has 0 aliphatic carbocycles. The Morgan fingerprint density at radius 2 is 1.60 bits per heavy atom. The van der Waals surface area contributed by atoms with Crippen molar-refractivity contribution >= 4 is 12.0 Å². The SMILES string of the molecule is CCC(C)(CC)NC(=O)NCC(CC(C)(C)C)C(=O)O. The molecule has 0 aliphatic heterocycles. The number of nitrogens with one attached hydrogen (secondary N) is 2. The molecule has 0 heterocycles. The number of hydrogen-bond acceptors (Lipinski definition) is 2. The summed E-state index contributed by atoms with van der Waals surface area (Å²) >= 11 is 0. The lowest BCUT2D eigenvalue weighted by Crippen LogP contribution is -2.50. The van der Waals surface area contributed by atoms with E-state index in [-0.39, 0.29) is 23.5 Å². The van der Waals surface area contributed by atoms with Gasteiger partial charge in [-0.05, 0) is 31.6 Å². The number of rotatable bonds is 7. The van der Waals surface area contributed by atoms with Crippen molar-refractivity contribution < 1.29 is 14.7 Å². The van der Waals surface area contributed by atoms with E-state index in [2.05, 4.69) is 10.6 Å². The van der Waals surface area contributed by atoms with Gasteiger partial charge in [-0.25, -0.2) is 4.79 Å². The predicted molar refractivity (Wildman–Crippen MR) is 80.7 cm³/mol. The molecule has 0 fully saturated rings. The highest BCUT2D eigenvalue weighted by molar-refractivity contribution is 5.76. The number of amides is 2. The van der Waals surface area contributed by atoms with E-state index in [1.54, 1.807) is 0 Å². The molecule has 0 aliphatic rings. The van der Waals surface area contributed by atoms with Crippen molar-refractivity contribution in [2.24, 2.45) is 11.3 Å². The van der Waals surface area contributed by atoms with Gasteiger partial charge in [0.05, 0.1) is 5.92 Å². The number of hydrogen-bond donors (Lipinski definition) is 3. The number of carbonyl (C=O) groups is 2. The van der Waals surface area contributed by atoms with E-state index in [4.69, 9.17) is 0 Å². The van der Waals surface area contributed by atoms with Gasteiger partial charge >= 0.3 is 12.0 Å². The Labute approximate surface area is 122 Å². The van der Waals surface area contributed by atoms with Crippen LogP contribution in [0.5, 0.6) is 0 Å². The highest BCUT2D eigenvalue weighted by Gasteiger charge is 2.26. The molecule has 20 heavy (non-hydrogen) atoms. The fraction of sp³-hybridized carbons (Fsp3) is 0.867. The summed E-state index contributed by atoms with van der Waals surface area (Å²) in [6.45, 7) is 12.2. The van der Waals surface area contributed by atoms with Crippen LogP contribution in [0.3, 0.4) is 0 Å². The maximum absolute atomic E-state index is 11.9. The number of carboxylic acids is 1. The molecule has 0 aromatic rings. The fourth-order valence-corrected chi connectivity index (χ4v) is 1.95. The van der Waals surface area contributed by atoms with Crippen LogP contribution in [0, 0.1) is 11.3 Å². The maximum atomic E-state index is 11.9. The average Bonchev–Trinajstić information content (AvgIpc) is 2.32. The second kappa shape index (κ2) is 7.50. The monoisotopic (exact) mass is 286 g/mol. The Hall–Kier alpha value is -1.26. The molecule has 0 rings (SSSR count). The van der Waals surface area contributed by atoms with Gasteiger partial charge in [-0.1, -0.05) is 34.6 Å². The van der Waals surface area contributed by atoms with E-state index in [1.807, 2.05) is 41.5 Å². The van der Waals surface area contributed by atoms with E-state index in [9.17, 15) is 14.7 Å². The third-order valence-corrected chi connectivity index (χ3v) is 3.69. The van der Waals surface area contributed by atoms with Gasteiger partial charge in [0.1, 0.15) is 0 Å². The van der Waals surface area contributed by atoms with Crippen LogP contribution in [0.25, 0.3) is 0 Å². The first-order chi connectivity index (χ1) is 9.03. The highest BCUT2D eigenvalue weighted by Crippen LogP contribution is 2.24. The van der Waals surface area contributed by atoms with Gasteiger partial charge in [0, 0.05) is 12.1 Å². The quantitative estimate of drug-likeness (QED) is 0.673. The fourth-order valence-electron chi connectivity index (χ4n) is 1.95. The summed E-state index contributed by atoms with van der Waals surface area (Å²) in [6.07, 6.45) is 2.20. The second-order valence-electron chi connectivity index (χ2n) is 6.90. The van der Waals surface area contributed by atoms with E-state index < -0.39 is 11.9 Å². The summed E-state index contributed by atoms with van der Waals surface area (Å²) < 4.78 is 0. The molecule has 1 unspecified atom stereocenters. The molecule has 0 radical (unpaired) electrons. The van der Waals surface area contributed by atoms with E-state index in [0.29, 0.717) is 6.42 Å². The predicted octanol–water partition coefficient (Wildman–Crippen LogP) is 3.00. The molecule has 5 nitrogen and oxygen atoms in total. The van der Waals surface area contributed by atoms with E-state index >= 15 is 0 Å². The third kappa shape index (κ3) is 7.36. The lowest BCUT2D eigenvalue weighted by atomic mass is 9.84. The summed E-state index contributed by atoms with van der Waals surface area (Å²) in [4.78, 5) is 23.1. The summed E-state index contributed by atoms with van der Waals surface area (Å²) in [7, 11) is 0. The zero-order valence-electron chi connectivity index (χ0n) is 13.7. The van der Waals surface area contributed by atoms with Crippen LogP contribution >= 0.6 is 0 Å². The first-order valence-electron chi connectivity index (χ1n) is 7.32. The summed E-state index contributed by atoms with van der Waals surface area (Å²) in [6, 6.07) is -0.295. The molecule has 118 valence electrons. The molecule has 0 aromatic heterocycles. The first-order valence-corrected chi connectivity index (χ1v) is 7.32. The normalized spacial score (nSPS) is 13.7. The van der Waals surface area contributed by atoms with Crippen molar-refractivity contribution in [2.45, 2.75) is 66.3 Å². The van der Waals surface area contributed by atoms with Crippen molar-refractivity contribution in [1.82, 2.24) is 10.6 Å². The van der Waals surface area contributed by atoms with E-state index in [1.165, 1.54) is 0 Å². The van der Waals surface area contributed by atoms with Crippen molar-refractivity contribution in [2.75, 3.05) is 6.54 Å². The molecular formula is C15H30N2O3. The summed E-state index contributed by atoms with van der Waals surface area (Å²) in [5.74, 6) is -1.43. The largest absolute Gasteiger partial charge is 0.481 e. The third-order valence-electron chi connectivity index (χ3n) is 3.69.